The Morgan fingerprint density at radius 1 is 0.600 bits per heavy atom. The fourth-order valence-electron chi connectivity index (χ4n) is 2.93. The molecule has 3 aromatic rings. The van der Waals surface area contributed by atoms with Gasteiger partial charge in [0.2, 0.25) is 0 Å². The molecule has 3 rings (SSSR count). The van der Waals surface area contributed by atoms with Gasteiger partial charge < -0.3 is 9.64 Å². The van der Waals surface area contributed by atoms with Crippen LogP contribution in [0.25, 0.3) is 0 Å². The van der Waals surface area contributed by atoms with Gasteiger partial charge in [-0.3, -0.25) is 0 Å². The predicted octanol–water partition coefficient (Wildman–Crippen LogP) is 6.40. The molecule has 0 bridgehead atoms. The molecule has 0 atom stereocenters. The average Bonchev–Trinajstić information content (AvgIpc) is 2.61. The van der Waals surface area contributed by atoms with Crippen LogP contribution in [0.4, 0.5) is 17.1 Å². The molecular weight excluding hydrogens is 306 g/mol. The minimum absolute atomic E-state index is 0.857. The molecule has 0 aliphatic carbocycles. The molecule has 0 aliphatic heterocycles. The van der Waals surface area contributed by atoms with Crippen LogP contribution in [0.1, 0.15) is 22.3 Å². The molecule has 2 heteroatoms. The summed E-state index contributed by atoms with van der Waals surface area (Å²) >= 11 is 0. The topological polar surface area (TPSA) is 12.5 Å². The Hall–Kier alpha value is -2.74. The molecule has 3 aromatic carbocycles. The van der Waals surface area contributed by atoms with E-state index in [0.29, 0.717) is 0 Å². The predicted molar refractivity (Wildman–Crippen MR) is 107 cm³/mol. The van der Waals surface area contributed by atoms with Crippen molar-refractivity contribution in [1.82, 2.24) is 0 Å². The summed E-state index contributed by atoms with van der Waals surface area (Å²) in [6.45, 7) is 8.60. The van der Waals surface area contributed by atoms with Crippen molar-refractivity contribution in [1.29, 1.82) is 0 Å². The van der Waals surface area contributed by atoms with Crippen molar-refractivity contribution in [3.05, 3.63) is 82.9 Å². The van der Waals surface area contributed by atoms with Crippen molar-refractivity contribution in [2.45, 2.75) is 27.7 Å². The molecule has 0 saturated carbocycles. The number of hydrogen-bond acceptors (Lipinski definition) is 2. The van der Waals surface area contributed by atoms with E-state index in [1.165, 1.54) is 22.3 Å². The molecule has 0 aromatic heterocycles. The monoisotopic (exact) mass is 331 g/mol. The lowest BCUT2D eigenvalue weighted by molar-refractivity contribution is 0.415. The van der Waals surface area contributed by atoms with E-state index in [0.717, 1.165) is 22.8 Å². The van der Waals surface area contributed by atoms with Gasteiger partial charge >= 0.3 is 0 Å². The lowest BCUT2D eigenvalue weighted by Crippen LogP contribution is -2.11. The molecule has 0 N–H and O–H groups in total. The molecule has 25 heavy (non-hydrogen) atoms. The lowest BCUT2D eigenvalue weighted by atomic mass is 10.1. The maximum absolute atomic E-state index is 5.44. The van der Waals surface area contributed by atoms with E-state index in [4.69, 9.17) is 4.74 Å². The van der Waals surface area contributed by atoms with E-state index in [-0.39, 0.29) is 0 Å². The molecule has 128 valence electrons. The number of methoxy groups -OCH3 is 1. The number of rotatable bonds is 4. The fourth-order valence-corrected chi connectivity index (χ4v) is 2.93. The smallest absolute Gasteiger partial charge is 0.120 e. The molecule has 0 saturated heterocycles. The van der Waals surface area contributed by atoms with E-state index in [1.807, 2.05) is 12.1 Å². The maximum atomic E-state index is 5.44. The minimum Gasteiger partial charge on any atom is -0.497 e. The van der Waals surface area contributed by atoms with Crippen LogP contribution in [0.5, 0.6) is 5.75 Å². The summed E-state index contributed by atoms with van der Waals surface area (Å²) in [5, 5.41) is 0. The Labute approximate surface area is 150 Å². The quantitative estimate of drug-likeness (QED) is 0.548. The first-order chi connectivity index (χ1) is 12.0. The van der Waals surface area contributed by atoms with Gasteiger partial charge in [-0.2, -0.15) is 0 Å². The van der Waals surface area contributed by atoms with Gasteiger partial charge in [-0.05, 0) is 86.3 Å². The number of anilines is 3. The zero-order valence-corrected chi connectivity index (χ0v) is 15.6. The Morgan fingerprint density at radius 2 is 1.12 bits per heavy atom. The third-order valence-electron chi connectivity index (χ3n) is 4.81. The largest absolute Gasteiger partial charge is 0.497 e. The van der Waals surface area contributed by atoms with E-state index >= 15 is 0 Å². The Kier molecular flexibility index (Phi) is 4.80. The van der Waals surface area contributed by atoms with Gasteiger partial charge in [-0.1, -0.05) is 18.2 Å². The van der Waals surface area contributed by atoms with Crippen molar-refractivity contribution in [2.75, 3.05) is 12.0 Å². The molecule has 0 fully saturated rings. The SMILES string of the molecule is COc1cccc(N(c2ccc(C)c(C)c2)c2ccc(C)c(C)c2)c1. The third-order valence-corrected chi connectivity index (χ3v) is 4.81. The van der Waals surface area contributed by atoms with Crippen LogP contribution in [-0.4, -0.2) is 7.11 Å². The standard InChI is InChI=1S/C23H25NO/c1-16-9-11-21(13-18(16)3)24(20-7-6-8-23(15-20)25-5)22-12-10-17(2)19(4)14-22/h6-15H,1-5H3. The van der Waals surface area contributed by atoms with Crippen molar-refractivity contribution in [3.8, 4) is 5.75 Å². The van der Waals surface area contributed by atoms with E-state index in [1.54, 1.807) is 7.11 Å². The highest BCUT2D eigenvalue weighted by Crippen LogP contribution is 2.37. The zero-order valence-electron chi connectivity index (χ0n) is 15.6. The van der Waals surface area contributed by atoms with E-state index in [9.17, 15) is 0 Å². The highest BCUT2D eigenvalue weighted by molar-refractivity contribution is 5.78. The zero-order chi connectivity index (χ0) is 18.0. The molecule has 0 unspecified atom stereocenters. The molecule has 0 amide bonds. The van der Waals surface area contributed by atoms with Crippen LogP contribution in [0.2, 0.25) is 0 Å². The third kappa shape index (κ3) is 3.53. The van der Waals surface area contributed by atoms with Crippen LogP contribution >= 0.6 is 0 Å². The Balaban J connectivity index is 2.19. The summed E-state index contributed by atoms with van der Waals surface area (Å²) in [4.78, 5) is 2.28. The maximum Gasteiger partial charge on any atom is 0.120 e. The van der Waals surface area contributed by atoms with E-state index < -0.39 is 0 Å². The molecule has 0 heterocycles. The van der Waals surface area contributed by atoms with Gasteiger partial charge in [0.05, 0.1) is 7.11 Å². The van der Waals surface area contributed by atoms with Crippen LogP contribution in [0.3, 0.4) is 0 Å². The summed E-state index contributed by atoms with van der Waals surface area (Å²) in [7, 11) is 1.70. The number of nitrogens with zero attached hydrogens (tertiary/aromatic N) is 1. The first-order valence-electron chi connectivity index (χ1n) is 8.58. The normalized spacial score (nSPS) is 10.6. The number of benzene rings is 3. The van der Waals surface area contributed by atoms with Crippen molar-refractivity contribution >= 4 is 17.1 Å². The second-order valence-electron chi connectivity index (χ2n) is 6.57. The average molecular weight is 331 g/mol. The molecule has 0 radical (unpaired) electrons. The van der Waals surface area contributed by atoms with Gasteiger partial charge in [0.25, 0.3) is 0 Å². The van der Waals surface area contributed by atoms with Gasteiger partial charge in [0.1, 0.15) is 5.75 Å². The Morgan fingerprint density at radius 3 is 1.60 bits per heavy atom. The lowest BCUT2D eigenvalue weighted by Gasteiger charge is -2.27. The van der Waals surface area contributed by atoms with Crippen molar-refractivity contribution < 1.29 is 4.74 Å². The molecule has 0 aliphatic rings. The van der Waals surface area contributed by atoms with Crippen LogP contribution in [-0.2, 0) is 0 Å². The molecule has 0 spiro atoms. The summed E-state index contributed by atoms with van der Waals surface area (Å²) in [5.74, 6) is 0.857. The van der Waals surface area contributed by atoms with Gasteiger partial charge in [-0.15, -0.1) is 0 Å². The molecular formula is C23H25NO. The first-order valence-corrected chi connectivity index (χ1v) is 8.58. The summed E-state index contributed by atoms with van der Waals surface area (Å²) in [6.07, 6.45) is 0. The minimum atomic E-state index is 0.857. The molecule has 2 nitrogen and oxygen atoms in total. The Bertz CT molecular complexity index is 847. The van der Waals surface area contributed by atoms with Crippen molar-refractivity contribution in [3.63, 3.8) is 0 Å². The highest BCUT2D eigenvalue weighted by Gasteiger charge is 2.14. The number of aryl methyl sites for hydroxylation is 4. The first kappa shape index (κ1) is 17.1. The number of ether oxygens (including phenoxy) is 1. The van der Waals surface area contributed by atoms with Gasteiger partial charge in [0.15, 0.2) is 0 Å². The summed E-state index contributed by atoms with van der Waals surface area (Å²) in [6, 6.07) is 21.4. The van der Waals surface area contributed by atoms with Crippen LogP contribution in [0.15, 0.2) is 60.7 Å². The van der Waals surface area contributed by atoms with Gasteiger partial charge in [0, 0.05) is 23.1 Å². The summed E-state index contributed by atoms with van der Waals surface area (Å²) < 4.78 is 5.44. The fraction of sp³-hybridized carbons (Fsp3) is 0.217. The van der Waals surface area contributed by atoms with E-state index in [2.05, 4.69) is 81.1 Å². The second kappa shape index (κ2) is 7.02. The second-order valence-corrected chi connectivity index (χ2v) is 6.57. The summed E-state index contributed by atoms with van der Waals surface area (Å²) in [5.41, 5.74) is 8.57. The van der Waals surface area contributed by atoms with Crippen LogP contribution in [0, 0.1) is 27.7 Å². The van der Waals surface area contributed by atoms with Crippen molar-refractivity contribution in [2.24, 2.45) is 0 Å². The van der Waals surface area contributed by atoms with Crippen LogP contribution < -0.4 is 9.64 Å². The highest BCUT2D eigenvalue weighted by atomic mass is 16.5. The number of hydrogen-bond donors (Lipinski definition) is 0. The van der Waals surface area contributed by atoms with Gasteiger partial charge in [-0.25, -0.2) is 0 Å².